The zero-order valence-electron chi connectivity index (χ0n) is 8.60. The molecule has 1 fully saturated rings. The summed E-state index contributed by atoms with van der Waals surface area (Å²) in [5.74, 6) is -0.683. The van der Waals surface area contributed by atoms with Gasteiger partial charge in [-0.2, -0.15) is 0 Å². The molecule has 1 N–H and O–H groups in total. The van der Waals surface area contributed by atoms with E-state index < -0.39 is 5.97 Å². The van der Waals surface area contributed by atoms with Gasteiger partial charge in [0.1, 0.15) is 12.3 Å². The summed E-state index contributed by atoms with van der Waals surface area (Å²) >= 11 is 0. The Morgan fingerprint density at radius 3 is 2.75 bits per heavy atom. The van der Waals surface area contributed by atoms with Gasteiger partial charge in [0.25, 0.3) is 0 Å². The van der Waals surface area contributed by atoms with Crippen LogP contribution in [0.5, 0.6) is 0 Å². The number of ketones is 1. The number of allylic oxidation sites excluding steroid dienone is 1. The van der Waals surface area contributed by atoms with Gasteiger partial charge in [0, 0.05) is 18.2 Å². The van der Waals surface area contributed by atoms with Crippen LogP contribution in [0.15, 0.2) is 42.1 Å². The van der Waals surface area contributed by atoms with Crippen molar-refractivity contribution >= 4 is 11.8 Å². The fourth-order valence-corrected chi connectivity index (χ4v) is 1.41. The summed E-state index contributed by atoms with van der Waals surface area (Å²) in [6.45, 7) is 0.884. The SMILES string of the molecule is O=C1OCCNC1=CC(=O)c1ccccc1. The Labute approximate surface area is 92.9 Å². The lowest BCUT2D eigenvalue weighted by Crippen LogP contribution is -2.33. The second-order valence-corrected chi connectivity index (χ2v) is 3.35. The number of nitrogens with one attached hydrogen (secondary N) is 1. The van der Waals surface area contributed by atoms with E-state index in [4.69, 9.17) is 4.74 Å². The Morgan fingerprint density at radius 1 is 1.31 bits per heavy atom. The predicted molar refractivity (Wildman–Crippen MR) is 57.8 cm³/mol. The zero-order chi connectivity index (χ0) is 11.4. The van der Waals surface area contributed by atoms with Crippen molar-refractivity contribution < 1.29 is 14.3 Å². The molecule has 82 valence electrons. The monoisotopic (exact) mass is 217 g/mol. The standard InChI is InChI=1S/C12H11NO3/c14-11(9-4-2-1-3-5-9)8-10-12(15)16-7-6-13-10/h1-5,8,13H,6-7H2. The van der Waals surface area contributed by atoms with Gasteiger partial charge >= 0.3 is 5.97 Å². The first-order valence-corrected chi connectivity index (χ1v) is 4.99. The van der Waals surface area contributed by atoms with E-state index in [1.54, 1.807) is 24.3 Å². The average molecular weight is 217 g/mol. The molecular weight excluding hydrogens is 206 g/mol. The molecule has 0 amide bonds. The third-order valence-corrected chi connectivity index (χ3v) is 2.20. The Kier molecular flexibility index (Phi) is 3.00. The highest BCUT2D eigenvalue weighted by molar-refractivity contribution is 6.08. The van der Waals surface area contributed by atoms with Crippen LogP contribution in [0.4, 0.5) is 0 Å². The average Bonchev–Trinajstić information content (AvgIpc) is 2.33. The minimum absolute atomic E-state index is 0.207. The molecule has 0 atom stereocenters. The number of hydrogen-bond donors (Lipinski definition) is 1. The van der Waals surface area contributed by atoms with Gasteiger partial charge in [0.2, 0.25) is 0 Å². The van der Waals surface area contributed by atoms with Crippen molar-refractivity contribution in [3.63, 3.8) is 0 Å². The van der Waals surface area contributed by atoms with Crippen molar-refractivity contribution in [2.24, 2.45) is 0 Å². The summed E-state index contributed by atoms with van der Waals surface area (Å²) in [4.78, 5) is 23.0. The van der Waals surface area contributed by atoms with Crippen molar-refractivity contribution in [2.45, 2.75) is 0 Å². The van der Waals surface area contributed by atoms with Crippen LogP contribution in [0.2, 0.25) is 0 Å². The number of benzene rings is 1. The number of rotatable bonds is 2. The van der Waals surface area contributed by atoms with Crippen LogP contribution in [0, 0.1) is 0 Å². The van der Waals surface area contributed by atoms with Crippen molar-refractivity contribution in [1.82, 2.24) is 5.32 Å². The van der Waals surface area contributed by atoms with E-state index >= 15 is 0 Å². The smallest absolute Gasteiger partial charge is 0.354 e. The van der Waals surface area contributed by atoms with E-state index in [-0.39, 0.29) is 11.5 Å². The molecule has 0 aromatic heterocycles. The molecule has 1 aromatic carbocycles. The maximum Gasteiger partial charge on any atom is 0.354 e. The first-order valence-electron chi connectivity index (χ1n) is 4.99. The van der Waals surface area contributed by atoms with Gasteiger partial charge in [-0.15, -0.1) is 0 Å². The summed E-state index contributed by atoms with van der Waals surface area (Å²) < 4.78 is 4.81. The van der Waals surface area contributed by atoms with Gasteiger partial charge < -0.3 is 10.1 Å². The number of carbonyl (C=O) groups is 2. The number of carbonyl (C=O) groups excluding carboxylic acids is 2. The highest BCUT2D eigenvalue weighted by atomic mass is 16.5. The summed E-state index contributed by atoms with van der Waals surface area (Å²) in [5, 5.41) is 2.84. The van der Waals surface area contributed by atoms with E-state index in [9.17, 15) is 9.59 Å². The van der Waals surface area contributed by atoms with Gasteiger partial charge in [-0.25, -0.2) is 4.79 Å². The van der Waals surface area contributed by atoms with Gasteiger partial charge in [-0.05, 0) is 0 Å². The van der Waals surface area contributed by atoms with Crippen LogP contribution in [0.1, 0.15) is 10.4 Å². The highest BCUT2D eigenvalue weighted by Crippen LogP contribution is 2.05. The number of hydrogen-bond acceptors (Lipinski definition) is 4. The molecule has 1 aromatic rings. The molecule has 0 bridgehead atoms. The van der Waals surface area contributed by atoms with Crippen LogP contribution in [0.3, 0.4) is 0 Å². The summed E-state index contributed by atoms with van der Waals surface area (Å²) in [5.41, 5.74) is 0.773. The zero-order valence-corrected chi connectivity index (χ0v) is 8.60. The lowest BCUT2D eigenvalue weighted by Gasteiger charge is -2.15. The van der Waals surface area contributed by atoms with Gasteiger partial charge in [-0.1, -0.05) is 30.3 Å². The lowest BCUT2D eigenvalue weighted by atomic mass is 10.1. The number of esters is 1. The van der Waals surface area contributed by atoms with Gasteiger partial charge in [-0.3, -0.25) is 4.79 Å². The van der Waals surface area contributed by atoms with E-state index in [0.717, 1.165) is 0 Å². The second-order valence-electron chi connectivity index (χ2n) is 3.35. The molecule has 1 aliphatic heterocycles. The van der Waals surface area contributed by atoms with Gasteiger partial charge in [0.15, 0.2) is 5.78 Å². The topological polar surface area (TPSA) is 55.4 Å². The van der Waals surface area contributed by atoms with Crippen molar-refractivity contribution in [1.29, 1.82) is 0 Å². The Bertz CT molecular complexity index is 437. The first kappa shape index (κ1) is 10.4. The lowest BCUT2D eigenvalue weighted by molar-refractivity contribution is -0.141. The fourth-order valence-electron chi connectivity index (χ4n) is 1.41. The molecule has 0 aliphatic carbocycles. The summed E-state index contributed by atoms with van der Waals surface area (Å²) in [6.07, 6.45) is 1.27. The maximum atomic E-state index is 11.7. The molecule has 1 aliphatic rings. The Morgan fingerprint density at radius 2 is 2.06 bits per heavy atom. The largest absolute Gasteiger partial charge is 0.459 e. The minimum Gasteiger partial charge on any atom is -0.459 e. The summed E-state index contributed by atoms with van der Waals surface area (Å²) in [7, 11) is 0. The van der Waals surface area contributed by atoms with Crippen LogP contribution >= 0.6 is 0 Å². The van der Waals surface area contributed by atoms with E-state index in [1.165, 1.54) is 6.08 Å². The number of ether oxygens (including phenoxy) is 1. The predicted octanol–water partition coefficient (Wildman–Crippen LogP) is 0.900. The van der Waals surface area contributed by atoms with Crippen molar-refractivity contribution in [3.05, 3.63) is 47.7 Å². The third-order valence-electron chi connectivity index (χ3n) is 2.20. The summed E-state index contributed by atoms with van der Waals surface area (Å²) in [6, 6.07) is 8.79. The molecule has 4 heteroatoms. The molecule has 4 nitrogen and oxygen atoms in total. The van der Waals surface area contributed by atoms with Crippen LogP contribution in [-0.4, -0.2) is 24.9 Å². The highest BCUT2D eigenvalue weighted by Gasteiger charge is 2.17. The molecule has 0 saturated carbocycles. The van der Waals surface area contributed by atoms with Crippen molar-refractivity contribution in [2.75, 3.05) is 13.2 Å². The minimum atomic E-state index is -0.476. The van der Waals surface area contributed by atoms with Crippen molar-refractivity contribution in [3.8, 4) is 0 Å². The molecule has 1 saturated heterocycles. The third kappa shape index (κ3) is 2.28. The Hall–Kier alpha value is -2.10. The molecule has 0 spiro atoms. The van der Waals surface area contributed by atoms with E-state index in [2.05, 4.69) is 5.32 Å². The number of cyclic esters (lactones) is 1. The van der Waals surface area contributed by atoms with Crippen LogP contribution < -0.4 is 5.32 Å². The second kappa shape index (κ2) is 4.61. The first-order chi connectivity index (χ1) is 7.77. The Balaban J connectivity index is 2.17. The van der Waals surface area contributed by atoms with E-state index in [0.29, 0.717) is 18.7 Å². The quantitative estimate of drug-likeness (QED) is 0.454. The molecule has 0 radical (unpaired) electrons. The van der Waals surface area contributed by atoms with Gasteiger partial charge in [0.05, 0.1) is 0 Å². The molecule has 16 heavy (non-hydrogen) atoms. The number of morpholine rings is 1. The molecule has 1 heterocycles. The fraction of sp³-hybridized carbons (Fsp3) is 0.167. The maximum absolute atomic E-state index is 11.7. The normalized spacial score (nSPS) is 17.8. The van der Waals surface area contributed by atoms with E-state index in [1.807, 2.05) is 6.07 Å². The molecular formula is C12H11NO3. The van der Waals surface area contributed by atoms with Crippen LogP contribution in [0.25, 0.3) is 0 Å². The molecule has 0 unspecified atom stereocenters. The molecule has 2 rings (SSSR count). The van der Waals surface area contributed by atoms with Crippen LogP contribution in [-0.2, 0) is 9.53 Å².